The molecule has 0 bridgehead atoms. The van der Waals surface area contributed by atoms with E-state index in [0.717, 1.165) is 12.1 Å². The summed E-state index contributed by atoms with van der Waals surface area (Å²) in [5.74, 6) is -0.757. The lowest BCUT2D eigenvalue weighted by molar-refractivity contribution is -0.385. The molecule has 0 radical (unpaired) electrons. The first kappa shape index (κ1) is 16.2. The number of nitro groups is 1. The Bertz CT molecular complexity index is 736. The number of phenols is 1. The maximum absolute atomic E-state index is 12.1. The number of anilines is 1. The van der Waals surface area contributed by atoms with Crippen LogP contribution in [0.4, 0.5) is 15.8 Å². The van der Waals surface area contributed by atoms with Crippen LogP contribution in [0.25, 0.3) is 0 Å². The van der Waals surface area contributed by atoms with Gasteiger partial charge in [-0.2, -0.15) is 0 Å². The molecule has 0 fully saturated rings. The number of hydrogen-bond donors (Lipinski definition) is 2. The number of rotatable bonds is 6. The van der Waals surface area contributed by atoms with Gasteiger partial charge in [-0.05, 0) is 24.3 Å². The maximum Gasteiger partial charge on any atom is 0.310 e. The summed E-state index contributed by atoms with van der Waals surface area (Å²) in [6, 6.07) is 9.64. The normalized spacial score (nSPS) is 10.1. The fourth-order valence-electron chi connectivity index (χ4n) is 1.84. The average molecular weight is 320 g/mol. The number of nitrogens with one attached hydrogen (secondary N) is 1. The molecule has 2 N–H and O–H groups in total. The topological polar surface area (TPSA) is 102 Å². The quantitative estimate of drug-likeness (QED) is 0.629. The van der Waals surface area contributed by atoms with Crippen molar-refractivity contribution in [3.8, 4) is 11.5 Å². The highest BCUT2D eigenvalue weighted by Gasteiger charge is 2.16. The van der Waals surface area contributed by atoms with E-state index in [1.807, 2.05) is 0 Å². The molecule has 0 aromatic heterocycles. The van der Waals surface area contributed by atoms with Crippen molar-refractivity contribution >= 4 is 17.3 Å². The lowest BCUT2D eigenvalue weighted by Gasteiger charge is -2.08. The zero-order chi connectivity index (χ0) is 16.8. The molecule has 0 heterocycles. The molecule has 23 heavy (non-hydrogen) atoms. The van der Waals surface area contributed by atoms with Crippen LogP contribution < -0.4 is 10.1 Å². The van der Waals surface area contributed by atoms with Crippen molar-refractivity contribution in [2.45, 2.75) is 0 Å². The summed E-state index contributed by atoms with van der Waals surface area (Å²) >= 11 is 0. The fourth-order valence-corrected chi connectivity index (χ4v) is 1.84. The number of hydrogen-bond acceptors (Lipinski definition) is 5. The molecule has 7 nitrogen and oxygen atoms in total. The summed E-state index contributed by atoms with van der Waals surface area (Å²) in [7, 11) is 0. The smallest absolute Gasteiger partial charge is 0.310 e. The van der Waals surface area contributed by atoms with Crippen molar-refractivity contribution < 1.29 is 24.0 Å². The van der Waals surface area contributed by atoms with Crippen LogP contribution in [0.15, 0.2) is 42.5 Å². The number of phenolic OH excluding ortho intramolecular Hbond substituents is 1. The second-order valence-corrected chi connectivity index (χ2v) is 4.48. The number of amides is 1. The predicted octanol–water partition coefficient (Wildman–Crippen LogP) is 2.90. The number of carbonyl (C=O) groups excluding carboxylic acids is 1. The highest BCUT2D eigenvalue weighted by molar-refractivity contribution is 6.04. The van der Waals surface area contributed by atoms with Crippen LogP contribution >= 0.6 is 0 Å². The molecule has 8 heteroatoms. The lowest BCUT2D eigenvalue weighted by atomic mass is 10.1. The van der Waals surface area contributed by atoms with Gasteiger partial charge in [-0.25, -0.2) is 4.39 Å². The minimum absolute atomic E-state index is 0.0585. The van der Waals surface area contributed by atoms with Gasteiger partial charge < -0.3 is 15.2 Å². The van der Waals surface area contributed by atoms with Gasteiger partial charge in [0, 0.05) is 23.4 Å². The Morgan fingerprint density at radius 3 is 2.74 bits per heavy atom. The molecular weight excluding hydrogens is 307 g/mol. The van der Waals surface area contributed by atoms with Crippen LogP contribution in [0.2, 0.25) is 0 Å². The third-order valence-electron chi connectivity index (χ3n) is 2.87. The van der Waals surface area contributed by atoms with Gasteiger partial charge in [0.05, 0.1) is 4.92 Å². The number of ether oxygens (including phenoxy) is 1. The van der Waals surface area contributed by atoms with Gasteiger partial charge in [0.25, 0.3) is 5.91 Å². The SMILES string of the molecule is O=C(Nc1cccc(OCCF)c1)c1ccc([N+](=O)[O-])c(O)c1. The zero-order valence-corrected chi connectivity index (χ0v) is 11.9. The Hall–Kier alpha value is -3.16. The summed E-state index contributed by atoms with van der Waals surface area (Å²) in [6.07, 6.45) is 0. The summed E-state index contributed by atoms with van der Waals surface area (Å²) in [5, 5.41) is 22.7. The van der Waals surface area contributed by atoms with E-state index in [2.05, 4.69) is 5.32 Å². The third kappa shape index (κ3) is 4.16. The predicted molar refractivity (Wildman–Crippen MR) is 80.6 cm³/mol. The van der Waals surface area contributed by atoms with E-state index < -0.39 is 28.9 Å². The van der Waals surface area contributed by atoms with E-state index in [9.17, 15) is 24.4 Å². The summed E-state index contributed by atoms with van der Waals surface area (Å²) in [5.41, 5.74) is -0.0180. The molecule has 0 aliphatic carbocycles. The molecule has 2 aromatic carbocycles. The number of halogens is 1. The number of nitro benzene ring substituents is 1. The Labute approximate surface area is 130 Å². The monoisotopic (exact) mass is 320 g/mol. The second kappa shape index (κ2) is 7.21. The van der Waals surface area contributed by atoms with Crippen LogP contribution in [0.5, 0.6) is 11.5 Å². The summed E-state index contributed by atoms with van der Waals surface area (Å²) in [4.78, 5) is 22.0. The molecule has 2 aromatic rings. The minimum atomic E-state index is -0.747. The Kier molecular flexibility index (Phi) is 5.08. The van der Waals surface area contributed by atoms with Crippen molar-refractivity contribution in [1.29, 1.82) is 0 Å². The van der Waals surface area contributed by atoms with Crippen LogP contribution in [0.1, 0.15) is 10.4 Å². The maximum atomic E-state index is 12.1. The molecular formula is C15H13FN2O5. The van der Waals surface area contributed by atoms with E-state index in [-0.39, 0.29) is 12.2 Å². The van der Waals surface area contributed by atoms with E-state index in [0.29, 0.717) is 11.4 Å². The zero-order valence-electron chi connectivity index (χ0n) is 11.9. The first-order valence-corrected chi connectivity index (χ1v) is 6.59. The highest BCUT2D eigenvalue weighted by Crippen LogP contribution is 2.26. The van der Waals surface area contributed by atoms with Gasteiger partial charge in [0.1, 0.15) is 19.0 Å². The van der Waals surface area contributed by atoms with Crippen LogP contribution in [0, 0.1) is 10.1 Å². The Morgan fingerprint density at radius 1 is 1.30 bits per heavy atom. The van der Waals surface area contributed by atoms with Gasteiger partial charge in [-0.1, -0.05) is 6.07 Å². The summed E-state index contributed by atoms with van der Waals surface area (Å²) < 4.78 is 17.2. The number of nitrogens with zero attached hydrogens (tertiary/aromatic N) is 1. The molecule has 0 spiro atoms. The molecule has 0 saturated heterocycles. The van der Waals surface area contributed by atoms with Gasteiger partial charge in [-0.3, -0.25) is 14.9 Å². The Balaban J connectivity index is 2.13. The van der Waals surface area contributed by atoms with Gasteiger partial charge in [0.15, 0.2) is 5.75 Å². The van der Waals surface area contributed by atoms with Crippen LogP contribution in [-0.4, -0.2) is 29.2 Å². The first-order chi connectivity index (χ1) is 11.0. The van der Waals surface area contributed by atoms with E-state index >= 15 is 0 Å². The first-order valence-electron chi connectivity index (χ1n) is 6.59. The minimum Gasteiger partial charge on any atom is -0.502 e. The van der Waals surface area contributed by atoms with Crippen molar-refractivity contribution in [3.63, 3.8) is 0 Å². The third-order valence-corrected chi connectivity index (χ3v) is 2.87. The largest absolute Gasteiger partial charge is 0.502 e. The molecule has 120 valence electrons. The Morgan fingerprint density at radius 2 is 2.09 bits per heavy atom. The van der Waals surface area contributed by atoms with E-state index in [4.69, 9.17) is 4.74 Å². The van der Waals surface area contributed by atoms with E-state index in [1.54, 1.807) is 18.2 Å². The number of benzene rings is 2. The highest BCUT2D eigenvalue weighted by atomic mass is 19.1. The van der Waals surface area contributed by atoms with E-state index in [1.165, 1.54) is 12.1 Å². The molecule has 2 rings (SSSR count). The molecule has 0 aliphatic heterocycles. The van der Waals surface area contributed by atoms with Gasteiger partial charge in [0.2, 0.25) is 0 Å². The number of aromatic hydroxyl groups is 1. The van der Waals surface area contributed by atoms with Crippen LogP contribution in [-0.2, 0) is 0 Å². The van der Waals surface area contributed by atoms with Crippen molar-refractivity contribution in [3.05, 3.63) is 58.1 Å². The van der Waals surface area contributed by atoms with Crippen molar-refractivity contribution in [1.82, 2.24) is 0 Å². The molecule has 0 aliphatic rings. The second-order valence-electron chi connectivity index (χ2n) is 4.48. The van der Waals surface area contributed by atoms with Crippen molar-refractivity contribution in [2.75, 3.05) is 18.6 Å². The standard InChI is InChI=1S/C15H13FN2O5/c16-6-7-23-12-3-1-2-11(9-12)17-15(20)10-4-5-13(18(21)22)14(19)8-10/h1-5,8-9,19H,6-7H2,(H,17,20). The molecule has 0 saturated carbocycles. The molecule has 0 unspecified atom stereocenters. The van der Waals surface area contributed by atoms with Gasteiger partial charge in [-0.15, -0.1) is 0 Å². The fraction of sp³-hybridized carbons (Fsp3) is 0.133. The molecule has 1 amide bonds. The van der Waals surface area contributed by atoms with Gasteiger partial charge >= 0.3 is 5.69 Å². The summed E-state index contributed by atoms with van der Waals surface area (Å²) in [6.45, 7) is -0.716. The lowest BCUT2D eigenvalue weighted by Crippen LogP contribution is -2.12. The number of carbonyl (C=O) groups is 1. The van der Waals surface area contributed by atoms with Crippen molar-refractivity contribution in [2.24, 2.45) is 0 Å². The number of alkyl halides is 1. The molecule has 0 atom stereocenters. The average Bonchev–Trinajstić information content (AvgIpc) is 2.52. The van der Waals surface area contributed by atoms with Crippen LogP contribution in [0.3, 0.4) is 0 Å².